The fourth-order valence-electron chi connectivity index (χ4n) is 1.20. The van der Waals surface area contributed by atoms with Crippen molar-refractivity contribution in [2.24, 2.45) is 0 Å². The lowest BCUT2D eigenvalue weighted by atomic mass is 10.1. The summed E-state index contributed by atoms with van der Waals surface area (Å²) in [5.74, 6) is 0. The van der Waals surface area contributed by atoms with Crippen LogP contribution in [0.5, 0.6) is 0 Å². The zero-order valence-electron chi connectivity index (χ0n) is 7.88. The average Bonchev–Trinajstić information content (AvgIpc) is 2.13. The SMILES string of the molecule is Cc1cccc(CNCCC#N)c1. The smallest absolute Gasteiger partial charge is 0.0635 e. The molecule has 0 fully saturated rings. The Bertz CT molecular complexity index is 299. The summed E-state index contributed by atoms with van der Waals surface area (Å²) < 4.78 is 0. The molecule has 0 spiro atoms. The van der Waals surface area contributed by atoms with Crippen LogP contribution in [0, 0.1) is 18.3 Å². The number of hydrogen-bond acceptors (Lipinski definition) is 2. The van der Waals surface area contributed by atoms with Gasteiger partial charge in [0.15, 0.2) is 0 Å². The van der Waals surface area contributed by atoms with Crippen LogP contribution in [-0.4, -0.2) is 6.54 Å². The van der Waals surface area contributed by atoms with Crippen molar-refractivity contribution in [3.05, 3.63) is 35.4 Å². The minimum Gasteiger partial charge on any atom is -0.312 e. The standard InChI is InChI=1S/C11H14N2/c1-10-4-2-5-11(8-10)9-13-7-3-6-12/h2,4-5,8,13H,3,7,9H2,1H3. The number of aryl methyl sites for hydroxylation is 1. The number of nitrogens with zero attached hydrogens (tertiary/aromatic N) is 1. The lowest BCUT2D eigenvalue weighted by Gasteiger charge is -2.02. The molecule has 0 aliphatic carbocycles. The summed E-state index contributed by atoms with van der Waals surface area (Å²) in [7, 11) is 0. The predicted octanol–water partition coefficient (Wildman–Crippen LogP) is 2.00. The van der Waals surface area contributed by atoms with Gasteiger partial charge in [-0.1, -0.05) is 29.8 Å². The molecule has 0 aliphatic rings. The van der Waals surface area contributed by atoms with E-state index < -0.39 is 0 Å². The monoisotopic (exact) mass is 174 g/mol. The van der Waals surface area contributed by atoms with Gasteiger partial charge in [-0.2, -0.15) is 5.26 Å². The maximum Gasteiger partial charge on any atom is 0.0635 e. The van der Waals surface area contributed by atoms with Gasteiger partial charge in [-0.25, -0.2) is 0 Å². The summed E-state index contributed by atoms with van der Waals surface area (Å²) in [5, 5.41) is 11.5. The van der Waals surface area contributed by atoms with Crippen molar-refractivity contribution in [1.29, 1.82) is 5.26 Å². The quantitative estimate of drug-likeness (QED) is 0.709. The van der Waals surface area contributed by atoms with Gasteiger partial charge in [0.2, 0.25) is 0 Å². The normalized spacial score (nSPS) is 9.54. The lowest BCUT2D eigenvalue weighted by Crippen LogP contribution is -2.14. The molecule has 2 nitrogen and oxygen atoms in total. The van der Waals surface area contributed by atoms with E-state index in [1.807, 2.05) is 0 Å². The summed E-state index contributed by atoms with van der Waals surface area (Å²) >= 11 is 0. The number of rotatable bonds is 4. The summed E-state index contributed by atoms with van der Waals surface area (Å²) in [5.41, 5.74) is 2.55. The van der Waals surface area contributed by atoms with Gasteiger partial charge in [-0.3, -0.25) is 0 Å². The minimum absolute atomic E-state index is 0.575. The highest BCUT2D eigenvalue weighted by molar-refractivity contribution is 5.21. The van der Waals surface area contributed by atoms with E-state index in [4.69, 9.17) is 5.26 Å². The van der Waals surface area contributed by atoms with E-state index in [0.29, 0.717) is 6.42 Å². The molecule has 13 heavy (non-hydrogen) atoms. The lowest BCUT2D eigenvalue weighted by molar-refractivity contribution is 0.698. The van der Waals surface area contributed by atoms with E-state index >= 15 is 0 Å². The molecule has 1 N–H and O–H groups in total. The van der Waals surface area contributed by atoms with E-state index in [-0.39, 0.29) is 0 Å². The van der Waals surface area contributed by atoms with Gasteiger partial charge in [0.25, 0.3) is 0 Å². The molecule has 1 aromatic rings. The van der Waals surface area contributed by atoms with Gasteiger partial charge >= 0.3 is 0 Å². The van der Waals surface area contributed by atoms with Crippen LogP contribution in [0.3, 0.4) is 0 Å². The van der Waals surface area contributed by atoms with Crippen LogP contribution in [0.1, 0.15) is 17.5 Å². The highest BCUT2D eigenvalue weighted by atomic mass is 14.8. The zero-order valence-corrected chi connectivity index (χ0v) is 7.88. The molecule has 0 atom stereocenters. The third kappa shape index (κ3) is 3.73. The van der Waals surface area contributed by atoms with Crippen molar-refractivity contribution >= 4 is 0 Å². The van der Waals surface area contributed by atoms with Crippen molar-refractivity contribution in [3.63, 3.8) is 0 Å². The molecule has 1 aromatic carbocycles. The van der Waals surface area contributed by atoms with E-state index in [9.17, 15) is 0 Å². The Morgan fingerprint density at radius 2 is 2.31 bits per heavy atom. The van der Waals surface area contributed by atoms with Gasteiger partial charge in [-0.15, -0.1) is 0 Å². The second-order valence-electron chi connectivity index (χ2n) is 3.07. The van der Waals surface area contributed by atoms with E-state index in [1.54, 1.807) is 0 Å². The van der Waals surface area contributed by atoms with Gasteiger partial charge < -0.3 is 5.32 Å². The van der Waals surface area contributed by atoms with Crippen LogP contribution in [-0.2, 0) is 6.54 Å². The van der Waals surface area contributed by atoms with Crippen LogP contribution in [0.25, 0.3) is 0 Å². The second kappa shape index (κ2) is 5.34. The Kier molecular flexibility index (Phi) is 4.01. The first-order valence-electron chi connectivity index (χ1n) is 4.46. The third-order valence-corrected chi connectivity index (χ3v) is 1.83. The molecule has 1 rings (SSSR count). The Hall–Kier alpha value is -1.33. The zero-order chi connectivity index (χ0) is 9.52. The first kappa shape index (κ1) is 9.76. The van der Waals surface area contributed by atoms with E-state index in [0.717, 1.165) is 13.1 Å². The van der Waals surface area contributed by atoms with Crippen molar-refractivity contribution in [1.82, 2.24) is 5.32 Å². The number of benzene rings is 1. The van der Waals surface area contributed by atoms with Crippen LogP contribution >= 0.6 is 0 Å². The fraction of sp³-hybridized carbons (Fsp3) is 0.364. The molecule has 0 amide bonds. The first-order chi connectivity index (χ1) is 6.33. The van der Waals surface area contributed by atoms with Crippen LogP contribution in [0.2, 0.25) is 0 Å². The molecule has 0 bridgehead atoms. The van der Waals surface area contributed by atoms with Crippen LogP contribution < -0.4 is 5.32 Å². The highest BCUT2D eigenvalue weighted by Crippen LogP contribution is 2.02. The molecule has 2 heteroatoms. The van der Waals surface area contributed by atoms with Crippen molar-refractivity contribution < 1.29 is 0 Å². The molecule has 0 aliphatic heterocycles. The van der Waals surface area contributed by atoms with Crippen LogP contribution in [0.4, 0.5) is 0 Å². The van der Waals surface area contributed by atoms with E-state index in [2.05, 4.69) is 42.6 Å². The maximum atomic E-state index is 8.32. The first-order valence-corrected chi connectivity index (χ1v) is 4.46. The maximum absolute atomic E-state index is 8.32. The Morgan fingerprint density at radius 3 is 3.00 bits per heavy atom. The number of nitrogens with one attached hydrogen (secondary N) is 1. The van der Waals surface area contributed by atoms with Crippen LogP contribution in [0.15, 0.2) is 24.3 Å². The van der Waals surface area contributed by atoms with Gasteiger partial charge in [0.05, 0.1) is 6.07 Å². The van der Waals surface area contributed by atoms with Crippen molar-refractivity contribution in [2.45, 2.75) is 19.9 Å². The van der Waals surface area contributed by atoms with Crippen molar-refractivity contribution in [3.8, 4) is 6.07 Å². The minimum atomic E-state index is 0.575. The molecule has 0 saturated heterocycles. The number of hydrogen-bond donors (Lipinski definition) is 1. The Balaban J connectivity index is 2.33. The molecular weight excluding hydrogens is 160 g/mol. The fourth-order valence-corrected chi connectivity index (χ4v) is 1.20. The third-order valence-electron chi connectivity index (χ3n) is 1.83. The summed E-state index contributed by atoms with van der Waals surface area (Å²) in [6.07, 6.45) is 0.575. The summed E-state index contributed by atoms with van der Waals surface area (Å²) in [6, 6.07) is 10.5. The molecule has 0 heterocycles. The molecular formula is C11H14N2. The summed E-state index contributed by atoms with van der Waals surface area (Å²) in [4.78, 5) is 0. The number of nitriles is 1. The topological polar surface area (TPSA) is 35.8 Å². The second-order valence-corrected chi connectivity index (χ2v) is 3.07. The Labute approximate surface area is 79.2 Å². The molecule has 0 unspecified atom stereocenters. The molecule has 0 radical (unpaired) electrons. The van der Waals surface area contributed by atoms with Gasteiger partial charge in [-0.05, 0) is 12.5 Å². The highest BCUT2D eigenvalue weighted by Gasteiger charge is 1.91. The molecule has 68 valence electrons. The summed E-state index contributed by atoms with van der Waals surface area (Å²) in [6.45, 7) is 3.70. The molecule has 0 aromatic heterocycles. The average molecular weight is 174 g/mol. The largest absolute Gasteiger partial charge is 0.312 e. The Morgan fingerprint density at radius 1 is 1.46 bits per heavy atom. The van der Waals surface area contributed by atoms with Gasteiger partial charge in [0, 0.05) is 19.5 Å². The van der Waals surface area contributed by atoms with E-state index in [1.165, 1.54) is 11.1 Å². The van der Waals surface area contributed by atoms with Gasteiger partial charge in [0.1, 0.15) is 0 Å². The van der Waals surface area contributed by atoms with Crippen molar-refractivity contribution in [2.75, 3.05) is 6.54 Å². The predicted molar refractivity (Wildman–Crippen MR) is 53.1 cm³/mol. The molecule has 0 saturated carbocycles.